The van der Waals surface area contributed by atoms with Crippen molar-refractivity contribution in [3.05, 3.63) is 33.8 Å². The summed E-state index contributed by atoms with van der Waals surface area (Å²) in [5.74, 6) is -0.909. The Morgan fingerprint density at radius 2 is 2.14 bits per heavy atom. The smallest absolute Gasteiger partial charge is 0.336 e. The van der Waals surface area contributed by atoms with Crippen molar-refractivity contribution in [2.75, 3.05) is 14.1 Å². The summed E-state index contributed by atoms with van der Waals surface area (Å²) < 4.78 is 0.629. The number of benzene rings is 1. The first-order chi connectivity index (χ1) is 6.50. The number of hydrogen-bond donors (Lipinski definition) is 1. The number of nitrogens with zero attached hydrogens (tertiary/aromatic N) is 1. The van der Waals surface area contributed by atoms with Gasteiger partial charge in [0.1, 0.15) is 0 Å². The van der Waals surface area contributed by atoms with Crippen LogP contribution in [0.4, 0.5) is 0 Å². The number of carbonyl (C=O) groups is 1. The van der Waals surface area contributed by atoms with Gasteiger partial charge in [-0.15, -0.1) is 0 Å². The zero-order chi connectivity index (χ0) is 10.7. The van der Waals surface area contributed by atoms with E-state index < -0.39 is 5.97 Å². The van der Waals surface area contributed by atoms with E-state index in [2.05, 4.69) is 15.9 Å². The van der Waals surface area contributed by atoms with Crippen molar-refractivity contribution >= 4 is 21.9 Å². The number of carboxylic acid groups (broad SMARTS) is 1. The van der Waals surface area contributed by atoms with Gasteiger partial charge in [-0.3, -0.25) is 0 Å². The van der Waals surface area contributed by atoms with Crippen LogP contribution >= 0.6 is 15.9 Å². The summed E-state index contributed by atoms with van der Waals surface area (Å²) in [5, 5.41) is 8.80. The molecule has 4 heteroatoms. The standard InChI is InChI=1S/C10H12BrNO2/c1-12(2)6-7-3-4-8(10(13)14)9(11)5-7/h3-5H,6H2,1-2H3,(H,13,14). The van der Waals surface area contributed by atoms with Gasteiger partial charge in [0, 0.05) is 11.0 Å². The number of carboxylic acids is 1. The molecule has 14 heavy (non-hydrogen) atoms. The monoisotopic (exact) mass is 257 g/mol. The summed E-state index contributed by atoms with van der Waals surface area (Å²) in [7, 11) is 3.94. The van der Waals surface area contributed by atoms with Crippen LogP contribution in [-0.4, -0.2) is 30.1 Å². The fourth-order valence-corrected chi connectivity index (χ4v) is 1.79. The van der Waals surface area contributed by atoms with Gasteiger partial charge in [-0.05, 0) is 47.7 Å². The molecule has 76 valence electrons. The van der Waals surface area contributed by atoms with Crippen LogP contribution in [0.2, 0.25) is 0 Å². The van der Waals surface area contributed by atoms with Gasteiger partial charge in [-0.2, -0.15) is 0 Å². The summed E-state index contributed by atoms with van der Waals surface area (Å²) in [6, 6.07) is 5.28. The number of halogens is 1. The summed E-state index contributed by atoms with van der Waals surface area (Å²) in [4.78, 5) is 12.7. The minimum Gasteiger partial charge on any atom is -0.478 e. The second kappa shape index (κ2) is 4.57. The maximum absolute atomic E-state index is 10.7. The molecule has 1 rings (SSSR count). The van der Waals surface area contributed by atoms with Gasteiger partial charge >= 0.3 is 5.97 Å². The lowest BCUT2D eigenvalue weighted by Crippen LogP contribution is -2.11. The average molecular weight is 258 g/mol. The summed E-state index contributed by atoms with van der Waals surface area (Å²) in [6.45, 7) is 0.804. The first-order valence-corrected chi connectivity index (χ1v) is 4.96. The largest absolute Gasteiger partial charge is 0.478 e. The van der Waals surface area contributed by atoms with Crippen LogP contribution in [0.3, 0.4) is 0 Å². The van der Waals surface area contributed by atoms with Crippen LogP contribution in [0.1, 0.15) is 15.9 Å². The Kier molecular flexibility index (Phi) is 3.66. The van der Waals surface area contributed by atoms with Crippen molar-refractivity contribution in [2.24, 2.45) is 0 Å². The number of hydrogen-bond acceptors (Lipinski definition) is 2. The predicted molar refractivity (Wildman–Crippen MR) is 58.5 cm³/mol. The van der Waals surface area contributed by atoms with E-state index in [0.29, 0.717) is 10.0 Å². The molecule has 0 saturated carbocycles. The summed E-state index contributed by atoms with van der Waals surface area (Å²) in [6.07, 6.45) is 0. The molecule has 0 aromatic heterocycles. The molecule has 0 spiro atoms. The zero-order valence-corrected chi connectivity index (χ0v) is 9.71. The van der Waals surface area contributed by atoms with E-state index in [9.17, 15) is 4.79 Å². The Morgan fingerprint density at radius 3 is 2.57 bits per heavy atom. The van der Waals surface area contributed by atoms with Gasteiger partial charge in [0.2, 0.25) is 0 Å². The van der Waals surface area contributed by atoms with E-state index in [1.54, 1.807) is 6.07 Å². The second-order valence-electron chi connectivity index (χ2n) is 3.36. The van der Waals surface area contributed by atoms with Crippen LogP contribution < -0.4 is 0 Å². The van der Waals surface area contributed by atoms with Gasteiger partial charge in [-0.1, -0.05) is 6.07 Å². The molecule has 0 aliphatic heterocycles. The van der Waals surface area contributed by atoms with E-state index in [1.165, 1.54) is 0 Å². The molecular formula is C10H12BrNO2. The van der Waals surface area contributed by atoms with Crippen molar-refractivity contribution in [2.45, 2.75) is 6.54 Å². The summed E-state index contributed by atoms with van der Waals surface area (Å²) >= 11 is 3.24. The molecule has 0 atom stereocenters. The number of aromatic carboxylic acids is 1. The quantitative estimate of drug-likeness (QED) is 0.903. The Balaban J connectivity index is 2.94. The summed E-state index contributed by atoms with van der Waals surface area (Å²) in [5.41, 5.74) is 1.39. The SMILES string of the molecule is CN(C)Cc1ccc(C(=O)O)c(Br)c1. The fraction of sp³-hybridized carbons (Fsp3) is 0.300. The molecule has 1 N–H and O–H groups in total. The molecule has 0 saturated heterocycles. The van der Waals surface area contributed by atoms with Crippen LogP contribution in [0.5, 0.6) is 0 Å². The third-order valence-electron chi connectivity index (χ3n) is 1.76. The lowest BCUT2D eigenvalue weighted by Gasteiger charge is -2.10. The van der Waals surface area contributed by atoms with E-state index in [1.807, 2.05) is 31.1 Å². The van der Waals surface area contributed by atoms with Crippen molar-refractivity contribution in [1.29, 1.82) is 0 Å². The molecule has 1 aromatic carbocycles. The minimum absolute atomic E-state index is 0.299. The van der Waals surface area contributed by atoms with E-state index in [-0.39, 0.29) is 0 Å². The molecule has 0 radical (unpaired) electrons. The van der Waals surface area contributed by atoms with Crippen molar-refractivity contribution in [3.63, 3.8) is 0 Å². The van der Waals surface area contributed by atoms with Crippen LogP contribution in [-0.2, 0) is 6.54 Å². The minimum atomic E-state index is -0.909. The van der Waals surface area contributed by atoms with E-state index in [0.717, 1.165) is 12.1 Å². The van der Waals surface area contributed by atoms with Crippen molar-refractivity contribution < 1.29 is 9.90 Å². The molecule has 0 aliphatic rings. The maximum Gasteiger partial charge on any atom is 0.336 e. The predicted octanol–water partition coefficient (Wildman–Crippen LogP) is 2.21. The lowest BCUT2D eigenvalue weighted by atomic mass is 10.1. The fourth-order valence-electron chi connectivity index (χ4n) is 1.20. The maximum atomic E-state index is 10.7. The highest BCUT2D eigenvalue weighted by Crippen LogP contribution is 2.19. The molecule has 0 aliphatic carbocycles. The second-order valence-corrected chi connectivity index (χ2v) is 4.21. The average Bonchev–Trinajstić information content (AvgIpc) is 2.01. The molecule has 0 unspecified atom stereocenters. The zero-order valence-electron chi connectivity index (χ0n) is 8.12. The number of rotatable bonds is 3. The third kappa shape index (κ3) is 2.82. The highest BCUT2D eigenvalue weighted by Gasteiger charge is 2.08. The van der Waals surface area contributed by atoms with Gasteiger partial charge in [0.15, 0.2) is 0 Å². The third-order valence-corrected chi connectivity index (χ3v) is 2.42. The first-order valence-electron chi connectivity index (χ1n) is 4.17. The molecule has 3 nitrogen and oxygen atoms in total. The molecule has 0 fully saturated rings. The van der Waals surface area contributed by atoms with Gasteiger partial charge in [-0.25, -0.2) is 4.79 Å². The van der Waals surface area contributed by atoms with Gasteiger partial charge < -0.3 is 10.0 Å². The Bertz CT molecular complexity index is 350. The Morgan fingerprint density at radius 1 is 1.50 bits per heavy atom. The molecule has 1 aromatic rings. The topological polar surface area (TPSA) is 40.5 Å². The first kappa shape index (κ1) is 11.2. The van der Waals surface area contributed by atoms with E-state index in [4.69, 9.17) is 5.11 Å². The highest BCUT2D eigenvalue weighted by atomic mass is 79.9. The van der Waals surface area contributed by atoms with Gasteiger partial charge in [0.25, 0.3) is 0 Å². The van der Waals surface area contributed by atoms with E-state index >= 15 is 0 Å². The molecule has 0 amide bonds. The van der Waals surface area contributed by atoms with Crippen molar-refractivity contribution in [1.82, 2.24) is 4.90 Å². The molecular weight excluding hydrogens is 246 g/mol. The van der Waals surface area contributed by atoms with Crippen LogP contribution in [0.15, 0.2) is 22.7 Å². The Labute approximate surface area is 91.5 Å². The van der Waals surface area contributed by atoms with Gasteiger partial charge in [0.05, 0.1) is 5.56 Å². The molecule has 0 heterocycles. The van der Waals surface area contributed by atoms with Crippen molar-refractivity contribution in [3.8, 4) is 0 Å². The lowest BCUT2D eigenvalue weighted by molar-refractivity contribution is 0.0696. The molecule has 0 bridgehead atoms. The van der Waals surface area contributed by atoms with Crippen LogP contribution in [0, 0.1) is 0 Å². The highest BCUT2D eigenvalue weighted by molar-refractivity contribution is 9.10. The normalized spacial score (nSPS) is 10.6. The Hall–Kier alpha value is -0.870. The van der Waals surface area contributed by atoms with Crippen LogP contribution in [0.25, 0.3) is 0 Å².